The largest absolute Gasteiger partial charge is 0.492 e. The number of hydrogen-bond donors (Lipinski definition) is 1. The number of hydrogen-bond acceptors (Lipinski definition) is 5. The molecule has 162 valence electrons. The van der Waals surface area contributed by atoms with E-state index in [9.17, 15) is 9.59 Å². The first-order valence-corrected chi connectivity index (χ1v) is 10.2. The fourth-order valence-corrected chi connectivity index (χ4v) is 3.26. The van der Waals surface area contributed by atoms with Crippen LogP contribution < -0.4 is 10.1 Å². The number of carbonyl (C=O) groups is 2. The monoisotopic (exact) mass is 420 g/mol. The molecule has 0 unspecified atom stereocenters. The molecule has 2 aromatic carbocycles. The normalized spacial score (nSPS) is 10.9. The third kappa shape index (κ3) is 5.58. The summed E-state index contributed by atoms with van der Waals surface area (Å²) in [6.07, 6.45) is 0. The summed E-state index contributed by atoms with van der Waals surface area (Å²) < 4.78 is 7.41. The first-order valence-electron chi connectivity index (χ1n) is 10.2. The van der Waals surface area contributed by atoms with Crippen LogP contribution in [-0.4, -0.2) is 53.6 Å². The van der Waals surface area contributed by atoms with Crippen molar-refractivity contribution in [1.29, 1.82) is 0 Å². The topological polar surface area (TPSA) is 76.5 Å². The summed E-state index contributed by atoms with van der Waals surface area (Å²) >= 11 is 0. The number of para-hydroxylation sites is 1. The van der Waals surface area contributed by atoms with Crippen LogP contribution in [0.5, 0.6) is 5.75 Å². The molecule has 7 heteroatoms. The number of rotatable bonds is 9. The summed E-state index contributed by atoms with van der Waals surface area (Å²) in [6, 6.07) is 17.0. The molecule has 0 aliphatic carbocycles. The zero-order valence-electron chi connectivity index (χ0n) is 18.4. The molecule has 7 nitrogen and oxygen atoms in total. The van der Waals surface area contributed by atoms with Crippen molar-refractivity contribution in [3.8, 4) is 11.4 Å². The number of carbonyl (C=O) groups excluding carboxylic acids is 2. The second kappa shape index (κ2) is 10.0. The van der Waals surface area contributed by atoms with Crippen LogP contribution in [0.2, 0.25) is 0 Å². The van der Waals surface area contributed by atoms with E-state index in [-0.39, 0.29) is 6.54 Å². The molecule has 0 aliphatic rings. The molecule has 3 rings (SSSR count). The number of ketones is 1. The van der Waals surface area contributed by atoms with Crippen LogP contribution in [0.4, 0.5) is 0 Å². The van der Waals surface area contributed by atoms with Gasteiger partial charge in [0.25, 0.3) is 11.7 Å². The van der Waals surface area contributed by atoms with Gasteiger partial charge in [-0.3, -0.25) is 9.59 Å². The van der Waals surface area contributed by atoms with Crippen LogP contribution in [0.15, 0.2) is 54.6 Å². The molecule has 1 heterocycles. The van der Waals surface area contributed by atoms with E-state index in [1.54, 1.807) is 18.5 Å². The summed E-state index contributed by atoms with van der Waals surface area (Å²) in [6.45, 7) is 5.15. The Morgan fingerprint density at radius 3 is 2.52 bits per heavy atom. The second-order valence-electron chi connectivity index (χ2n) is 7.60. The Balaban J connectivity index is 1.66. The van der Waals surface area contributed by atoms with E-state index in [0.29, 0.717) is 23.6 Å². The number of amides is 1. The standard InChI is InChI=1S/C24H28N4O3/c1-17-22(18(2)28(26-17)20-10-6-5-7-11-20)23(29)24(30)25-16-19-9-8-12-21(15-19)31-14-13-27(3)4/h5-12,15H,13-14,16H2,1-4H3,(H,25,30). The minimum absolute atomic E-state index is 0.236. The van der Waals surface area contributed by atoms with Crippen molar-refractivity contribution in [2.75, 3.05) is 27.2 Å². The zero-order chi connectivity index (χ0) is 22.4. The molecule has 0 bridgehead atoms. The van der Waals surface area contributed by atoms with E-state index >= 15 is 0 Å². The predicted octanol–water partition coefficient (Wildman–Crippen LogP) is 2.93. The molecule has 0 fully saturated rings. The maximum absolute atomic E-state index is 12.8. The third-order valence-electron chi connectivity index (χ3n) is 4.88. The Kier molecular flexibility index (Phi) is 7.20. The first-order chi connectivity index (χ1) is 14.9. The van der Waals surface area contributed by atoms with E-state index in [1.165, 1.54) is 0 Å². The van der Waals surface area contributed by atoms with Crippen LogP contribution in [0.3, 0.4) is 0 Å². The number of nitrogens with zero attached hydrogens (tertiary/aromatic N) is 3. The van der Waals surface area contributed by atoms with Gasteiger partial charge in [-0.2, -0.15) is 5.10 Å². The molecule has 0 aliphatic heterocycles. The van der Waals surface area contributed by atoms with Crippen molar-refractivity contribution < 1.29 is 14.3 Å². The highest BCUT2D eigenvalue weighted by Gasteiger charge is 2.24. The number of aryl methyl sites for hydroxylation is 1. The molecule has 0 saturated carbocycles. The number of Topliss-reactive ketones (excluding diaryl/α,β-unsaturated/α-hetero) is 1. The molecule has 0 radical (unpaired) electrons. The SMILES string of the molecule is Cc1nn(-c2ccccc2)c(C)c1C(=O)C(=O)NCc1cccc(OCCN(C)C)c1. The smallest absolute Gasteiger partial charge is 0.292 e. The lowest BCUT2D eigenvalue weighted by Crippen LogP contribution is -2.31. The molecule has 31 heavy (non-hydrogen) atoms. The van der Waals surface area contributed by atoms with Crippen molar-refractivity contribution in [3.05, 3.63) is 77.1 Å². The van der Waals surface area contributed by atoms with E-state index in [0.717, 1.165) is 23.5 Å². The van der Waals surface area contributed by atoms with Gasteiger partial charge in [0.1, 0.15) is 12.4 Å². The van der Waals surface area contributed by atoms with Crippen LogP contribution in [0, 0.1) is 13.8 Å². The molecule has 1 aromatic heterocycles. The third-order valence-corrected chi connectivity index (χ3v) is 4.88. The van der Waals surface area contributed by atoms with Gasteiger partial charge in [0, 0.05) is 13.1 Å². The van der Waals surface area contributed by atoms with Crippen molar-refractivity contribution in [3.63, 3.8) is 0 Å². The molecular weight excluding hydrogens is 392 g/mol. The molecule has 1 amide bonds. The highest BCUT2D eigenvalue weighted by Crippen LogP contribution is 2.19. The molecule has 0 atom stereocenters. The van der Waals surface area contributed by atoms with Gasteiger partial charge < -0.3 is 15.0 Å². The fraction of sp³-hybridized carbons (Fsp3) is 0.292. The quantitative estimate of drug-likeness (QED) is 0.426. The number of ether oxygens (including phenoxy) is 1. The van der Waals surface area contributed by atoms with Crippen molar-refractivity contribution >= 4 is 11.7 Å². The Hall–Kier alpha value is -3.45. The molecule has 3 aromatic rings. The van der Waals surface area contributed by atoms with Gasteiger partial charge in [-0.05, 0) is 57.8 Å². The van der Waals surface area contributed by atoms with Gasteiger partial charge in [0.05, 0.1) is 22.6 Å². The average Bonchev–Trinajstić information content (AvgIpc) is 3.06. The van der Waals surface area contributed by atoms with E-state index in [4.69, 9.17) is 4.74 Å². The van der Waals surface area contributed by atoms with E-state index in [1.807, 2.05) is 73.6 Å². The highest BCUT2D eigenvalue weighted by molar-refractivity contribution is 6.43. The zero-order valence-corrected chi connectivity index (χ0v) is 18.4. The lowest BCUT2D eigenvalue weighted by atomic mass is 10.1. The minimum Gasteiger partial charge on any atom is -0.492 e. The first kappa shape index (κ1) is 22.2. The molecule has 1 N–H and O–H groups in total. The second-order valence-corrected chi connectivity index (χ2v) is 7.60. The summed E-state index contributed by atoms with van der Waals surface area (Å²) in [5.74, 6) is -0.510. The minimum atomic E-state index is -0.655. The Labute approximate surface area is 182 Å². The van der Waals surface area contributed by atoms with Gasteiger partial charge in [0.15, 0.2) is 0 Å². The Morgan fingerprint density at radius 1 is 1.06 bits per heavy atom. The average molecular weight is 421 g/mol. The van der Waals surface area contributed by atoms with Crippen LogP contribution >= 0.6 is 0 Å². The van der Waals surface area contributed by atoms with Gasteiger partial charge >= 0.3 is 0 Å². The Morgan fingerprint density at radius 2 is 1.81 bits per heavy atom. The number of likely N-dealkylation sites (N-methyl/N-ethyl adjacent to an activating group) is 1. The maximum Gasteiger partial charge on any atom is 0.292 e. The summed E-state index contributed by atoms with van der Waals surface area (Å²) in [5, 5.41) is 7.16. The van der Waals surface area contributed by atoms with Crippen molar-refractivity contribution in [2.45, 2.75) is 20.4 Å². The number of nitrogens with one attached hydrogen (secondary N) is 1. The maximum atomic E-state index is 12.8. The summed E-state index contributed by atoms with van der Waals surface area (Å²) in [5.41, 5.74) is 3.20. The fourth-order valence-electron chi connectivity index (χ4n) is 3.26. The van der Waals surface area contributed by atoms with Crippen LogP contribution in [-0.2, 0) is 11.3 Å². The Bertz CT molecular complexity index is 1060. The van der Waals surface area contributed by atoms with Gasteiger partial charge in [0.2, 0.25) is 0 Å². The lowest BCUT2D eigenvalue weighted by Gasteiger charge is -2.12. The molecule has 0 spiro atoms. The van der Waals surface area contributed by atoms with Gasteiger partial charge in [-0.25, -0.2) is 4.68 Å². The van der Waals surface area contributed by atoms with E-state index in [2.05, 4.69) is 10.4 Å². The summed E-state index contributed by atoms with van der Waals surface area (Å²) in [4.78, 5) is 27.4. The van der Waals surface area contributed by atoms with Gasteiger partial charge in [-0.15, -0.1) is 0 Å². The van der Waals surface area contributed by atoms with Gasteiger partial charge in [-0.1, -0.05) is 30.3 Å². The number of aromatic nitrogens is 2. The van der Waals surface area contributed by atoms with Crippen molar-refractivity contribution in [1.82, 2.24) is 20.0 Å². The summed E-state index contributed by atoms with van der Waals surface area (Å²) in [7, 11) is 3.97. The predicted molar refractivity (Wildman–Crippen MR) is 120 cm³/mol. The van der Waals surface area contributed by atoms with Crippen LogP contribution in [0.25, 0.3) is 5.69 Å². The van der Waals surface area contributed by atoms with Crippen molar-refractivity contribution in [2.24, 2.45) is 0 Å². The molecule has 0 saturated heterocycles. The van der Waals surface area contributed by atoms with Crippen LogP contribution in [0.1, 0.15) is 27.3 Å². The molecular formula is C24H28N4O3. The lowest BCUT2D eigenvalue weighted by molar-refractivity contribution is -0.117. The van der Waals surface area contributed by atoms with E-state index < -0.39 is 11.7 Å². The number of benzene rings is 2. The highest BCUT2D eigenvalue weighted by atomic mass is 16.5.